The zero-order valence-electron chi connectivity index (χ0n) is 28.9. The van der Waals surface area contributed by atoms with Crippen LogP contribution >= 0.6 is 0 Å². The number of esters is 2. The average Bonchev–Trinajstić information content (AvgIpc) is 3.31. The van der Waals surface area contributed by atoms with Gasteiger partial charge in [-0.25, -0.2) is 4.79 Å². The summed E-state index contributed by atoms with van der Waals surface area (Å²) >= 11 is 0. The third-order valence-electron chi connectivity index (χ3n) is 13.8. The zero-order valence-corrected chi connectivity index (χ0v) is 28.9. The highest BCUT2D eigenvalue weighted by Gasteiger charge is 2.70. The molecule has 15 unspecified atom stereocenters. The van der Waals surface area contributed by atoms with Crippen LogP contribution in [0.2, 0.25) is 0 Å². The van der Waals surface area contributed by atoms with E-state index in [2.05, 4.69) is 19.9 Å². The van der Waals surface area contributed by atoms with Gasteiger partial charge in [0.1, 0.15) is 42.2 Å². The quantitative estimate of drug-likeness (QED) is 0.177. The summed E-state index contributed by atoms with van der Waals surface area (Å²) in [6, 6.07) is 0. The highest BCUT2D eigenvalue weighted by atomic mass is 16.7. The SMILES string of the molecule is CC(=O)OC1CC(OC2OC(CO)C(O)C(O)C2O)CC2=CCC3C(CCC4(C)C(C(C)(O)C5CC(C)=C(C)C(=O)O5)CCC34O)C21C. The van der Waals surface area contributed by atoms with E-state index in [0.29, 0.717) is 44.1 Å². The Bertz CT molecular complexity index is 1360. The van der Waals surface area contributed by atoms with Crippen LogP contribution in [0.1, 0.15) is 92.9 Å². The Balaban J connectivity index is 1.27. The third kappa shape index (κ3) is 5.32. The van der Waals surface area contributed by atoms with Crippen LogP contribution in [0.15, 0.2) is 22.8 Å². The second kappa shape index (κ2) is 12.4. The van der Waals surface area contributed by atoms with E-state index in [9.17, 15) is 40.2 Å². The molecule has 4 aliphatic carbocycles. The fraction of sp³-hybridized carbons (Fsp3) is 0.833. The van der Waals surface area contributed by atoms with Crippen molar-refractivity contribution in [3.63, 3.8) is 0 Å². The smallest absolute Gasteiger partial charge is 0.334 e. The van der Waals surface area contributed by atoms with Crippen molar-refractivity contribution in [2.24, 2.45) is 28.6 Å². The van der Waals surface area contributed by atoms with Crippen molar-refractivity contribution in [3.8, 4) is 0 Å². The number of carbonyl (C=O) groups excluding carboxylic acids is 2. The van der Waals surface area contributed by atoms with Crippen molar-refractivity contribution in [2.75, 3.05) is 6.61 Å². The Labute approximate surface area is 282 Å². The van der Waals surface area contributed by atoms with Crippen LogP contribution in [0.5, 0.6) is 0 Å². The number of fused-ring (bicyclic) bond motifs is 5. The molecule has 6 N–H and O–H groups in total. The molecule has 48 heavy (non-hydrogen) atoms. The highest BCUT2D eigenvalue weighted by molar-refractivity contribution is 5.89. The fourth-order valence-corrected chi connectivity index (χ4v) is 10.8. The van der Waals surface area contributed by atoms with Crippen molar-refractivity contribution in [1.82, 2.24) is 0 Å². The van der Waals surface area contributed by atoms with Gasteiger partial charge in [0, 0.05) is 36.2 Å². The molecule has 0 radical (unpaired) electrons. The predicted molar refractivity (Wildman–Crippen MR) is 170 cm³/mol. The molecular weight excluding hydrogens is 624 g/mol. The lowest BCUT2D eigenvalue weighted by molar-refractivity contribution is -0.315. The Morgan fingerprint density at radius 2 is 1.77 bits per heavy atom. The van der Waals surface area contributed by atoms with Crippen molar-refractivity contribution in [1.29, 1.82) is 0 Å². The Morgan fingerprint density at radius 3 is 2.42 bits per heavy atom. The Morgan fingerprint density at radius 1 is 1.06 bits per heavy atom. The number of aliphatic hydroxyl groups is 6. The van der Waals surface area contributed by atoms with E-state index in [0.717, 1.165) is 17.6 Å². The molecule has 270 valence electrons. The van der Waals surface area contributed by atoms with Gasteiger partial charge in [0.2, 0.25) is 0 Å². The maximum atomic E-state index is 12.8. The molecule has 1 saturated heterocycles. The van der Waals surface area contributed by atoms with Crippen LogP contribution in [0, 0.1) is 28.6 Å². The zero-order chi connectivity index (χ0) is 35.1. The van der Waals surface area contributed by atoms with Crippen molar-refractivity contribution in [2.45, 2.75) is 153 Å². The average molecular weight is 679 g/mol. The van der Waals surface area contributed by atoms with Gasteiger partial charge in [0.05, 0.1) is 18.3 Å². The van der Waals surface area contributed by atoms with Crippen LogP contribution in [0.25, 0.3) is 0 Å². The fourth-order valence-electron chi connectivity index (χ4n) is 10.8. The largest absolute Gasteiger partial charge is 0.462 e. The normalized spacial score (nSPS) is 48.8. The molecule has 3 saturated carbocycles. The van der Waals surface area contributed by atoms with Crippen LogP contribution in [0.4, 0.5) is 0 Å². The summed E-state index contributed by atoms with van der Waals surface area (Å²) in [5.41, 5.74) is -1.26. The number of carbonyl (C=O) groups is 2. The maximum Gasteiger partial charge on any atom is 0.334 e. The summed E-state index contributed by atoms with van der Waals surface area (Å²) in [5, 5.41) is 65.7. The molecule has 12 nitrogen and oxygen atoms in total. The van der Waals surface area contributed by atoms with Gasteiger partial charge in [-0.05, 0) is 77.0 Å². The van der Waals surface area contributed by atoms with Gasteiger partial charge < -0.3 is 49.6 Å². The molecule has 4 fully saturated rings. The first-order chi connectivity index (χ1) is 22.4. The molecule has 0 aromatic rings. The summed E-state index contributed by atoms with van der Waals surface area (Å²) in [4.78, 5) is 25.1. The van der Waals surface area contributed by atoms with Gasteiger partial charge in [-0.2, -0.15) is 0 Å². The number of ether oxygens (including phenoxy) is 4. The number of rotatable bonds is 6. The van der Waals surface area contributed by atoms with E-state index in [1.54, 1.807) is 13.8 Å². The molecule has 6 aliphatic rings. The second-order valence-electron chi connectivity index (χ2n) is 16.2. The van der Waals surface area contributed by atoms with Gasteiger partial charge in [-0.15, -0.1) is 0 Å². The van der Waals surface area contributed by atoms with E-state index >= 15 is 0 Å². The van der Waals surface area contributed by atoms with E-state index in [4.69, 9.17) is 18.9 Å². The van der Waals surface area contributed by atoms with Gasteiger partial charge in [-0.3, -0.25) is 4.79 Å². The van der Waals surface area contributed by atoms with E-state index in [1.165, 1.54) is 6.92 Å². The third-order valence-corrected chi connectivity index (χ3v) is 13.8. The minimum atomic E-state index is -1.57. The van der Waals surface area contributed by atoms with Crippen molar-refractivity contribution in [3.05, 3.63) is 22.8 Å². The van der Waals surface area contributed by atoms with Crippen molar-refractivity contribution < 1.29 is 59.2 Å². The van der Waals surface area contributed by atoms with Crippen LogP contribution in [0.3, 0.4) is 0 Å². The Hall–Kier alpha value is -1.90. The molecule has 2 aliphatic heterocycles. The van der Waals surface area contributed by atoms with Gasteiger partial charge >= 0.3 is 11.9 Å². The lowest BCUT2D eigenvalue weighted by Gasteiger charge is -2.63. The predicted octanol–water partition coefficient (Wildman–Crippen LogP) is 1.81. The first kappa shape index (κ1) is 35.9. The molecular formula is C36H54O12. The molecule has 0 aromatic carbocycles. The number of cyclic esters (lactones) is 1. The van der Waals surface area contributed by atoms with E-state index in [-0.39, 0.29) is 24.2 Å². The number of allylic oxidation sites excluding steroid dienone is 1. The number of hydrogen-bond donors (Lipinski definition) is 6. The standard InChI is InChI=1S/C36H54O12/c1-17-13-27(48-31(42)18(17)2)35(6,43)25-10-12-36(44)23-8-7-20-14-21(46-32-30(41)29(40)28(39)24(16-37)47-32)15-26(45-19(3)38)34(20,5)22(23)9-11-33(25,36)4/h7,21-30,32,37,39-41,43-44H,8-16H2,1-6H3. The van der Waals surface area contributed by atoms with Crippen molar-refractivity contribution >= 4 is 11.9 Å². The molecule has 0 bridgehead atoms. The lowest BCUT2D eigenvalue weighted by atomic mass is 9.44. The molecule has 0 spiro atoms. The van der Waals surface area contributed by atoms with E-state index < -0.39 is 89.6 Å². The molecule has 2 heterocycles. The van der Waals surface area contributed by atoms with Gasteiger partial charge in [0.25, 0.3) is 0 Å². The number of hydrogen-bond acceptors (Lipinski definition) is 12. The minimum absolute atomic E-state index is 0.0443. The highest BCUT2D eigenvalue weighted by Crippen LogP contribution is 2.70. The maximum absolute atomic E-state index is 12.8. The van der Waals surface area contributed by atoms with Gasteiger partial charge in [-0.1, -0.05) is 31.1 Å². The van der Waals surface area contributed by atoms with E-state index in [1.807, 2.05) is 6.92 Å². The summed E-state index contributed by atoms with van der Waals surface area (Å²) in [6.07, 6.45) is -2.65. The van der Waals surface area contributed by atoms with Crippen LogP contribution in [-0.4, -0.2) is 109 Å². The summed E-state index contributed by atoms with van der Waals surface area (Å²) in [7, 11) is 0. The lowest BCUT2D eigenvalue weighted by Crippen LogP contribution is -2.65. The molecule has 0 aromatic heterocycles. The topological polar surface area (TPSA) is 192 Å². The summed E-state index contributed by atoms with van der Waals surface area (Å²) in [6.45, 7) is 10.3. The molecule has 0 amide bonds. The molecule has 6 rings (SSSR count). The molecule has 15 atom stereocenters. The monoisotopic (exact) mass is 678 g/mol. The Kier molecular flexibility index (Phi) is 9.28. The number of aliphatic hydroxyl groups excluding tert-OH is 4. The summed E-state index contributed by atoms with van der Waals surface area (Å²) < 4.78 is 23.6. The van der Waals surface area contributed by atoms with Gasteiger partial charge in [0.15, 0.2) is 6.29 Å². The first-order valence-corrected chi connectivity index (χ1v) is 17.5. The van der Waals surface area contributed by atoms with Crippen LogP contribution < -0.4 is 0 Å². The minimum Gasteiger partial charge on any atom is -0.462 e. The molecule has 12 heteroatoms. The first-order valence-electron chi connectivity index (χ1n) is 17.5. The van der Waals surface area contributed by atoms with Crippen LogP contribution in [-0.2, 0) is 28.5 Å². The second-order valence-corrected chi connectivity index (χ2v) is 16.2. The summed E-state index contributed by atoms with van der Waals surface area (Å²) in [5.74, 6) is -1.40.